The van der Waals surface area contributed by atoms with E-state index in [0.29, 0.717) is 5.52 Å². The average molecular weight is 627 g/mol. The lowest BCUT2D eigenvalue weighted by molar-refractivity contribution is -0.155. The fourth-order valence-electron chi connectivity index (χ4n) is 4.29. The highest BCUT2D eigenvalue weighted by molar-refractivity contribution is 7.51. The third-order valence-electron chi connectivity index (χ3n) is 7.11. The van der Waals surface area contributed by atoms with Crippen LogP contribution >= 0.6 is 7.75 Å². The van der Waals surface area contributed by atoms with Gasteiger partial charge in [0.2, 0.25) is 12.4 Å². The Balaban J connectivity index is 1.78. The van der Waals surface area contributed by atoms with Gasteiger partial charge in [0.25, 0.3) is 0 Å². The Hall–Kier alpha value is -3.16. The van der Waals surface area contributed by atoms with Crippen molar-refractivity contribution in [2.75, 3.05) is 25.7 Å². The molecule has 238 valence electrons. The van der Waals surface area contributed by atoms with Crippen molar-refractivity contribution in [1.29, 1.82) is 5.26 Å². The largest absolute Gasteiger partial charge is 0.464 e. The number of esters is 2. The first-order valence-electron chi connectivity index (χ1n) is 13.9. The van der Waals surface area contributed by atoms with Gasteiger partial charge >= 0.3 is 19.7 Å². The van der Waals surface area contributed by atoms with Crippen LogP contribution in [0, 0.1) is 23.2 Å². The summed E-state index contributed by atoms with van der Waals surface area (Å²) in [6, 6.07) is 3.67. The first-order valence-corrected chi connectivity index (χ1v) is 15.4. The van der Waals surface area contributed by atoms with Crippen molar-refractivity contribution in [2.24, 2.45) is 11.8 Å². The van der Waals surface area contributed by atoms with Crippen LogP contribution in [0.5, 0.6) is 0 Å². The maximum Gasteiger partial charge on any atom is 0.409 e. The van der Waals surface area contributed by atoms with Gasteiger partial charge in [-0.1, -0.05) is 40.5 Å². The van der Waals surface area contributed by atoms with Crippen LogP contribution in [0.3, 0.4) is 0 Å². The van der Waals surface area contributed by atoms with Crippen molar-refractivity contribution >= 4 is 31.0 Å². The van der Waals surface area contributed by atoms with Gasteiger partial charge in [0.05, 0.1) is 24.8 Å². The number of anilines is 1. The van der Waals surface area contributed by atoms with Crippen molar-refractivity contribution in [2.45, 2.75) is 77.4 Å². The van der Waals surface area contributed by atoms with Crippen molar-refractivity contribution in [3.05, 3.63) is 24.2 Å². The molecule has 1 saturated heterocycles. The molecule has 1 fully saturated rings. The summed E-state index contributed by atoms with van der Waals surface area (Å²) >= 11 is 0. The van der Waals surface area contributed by atoms with Crippen molar-refractivity contribution in [3.63, 3.8) is 0 Å². The molecule has 1 aliphatic heterocycles. The second-order valence-electron chi connectivity index (χ2n) is 10.4. The smallest absolute Gasteiger partial charge is 0.409 e. The third kappa shape index (κ3) is 7.68. The minimum atomic E-state index is -4.46. The fourth-order valence-corrected chi connectivity index (χ4v) is 5.63. The van der Waals surface area contributed by atoms with Crippen LogP contribution in [0.25, 0.3) is 5.52 Å². The molecule has 2 aromatic rings. The van der Waals surface area contributed by atoms with Crippen LogP contribution in [0.1, 0.15) is 53.2 Å². The van der Waals surface area contributed by atoms with Crippen LogP contribution in [-0.2, 0) is 43.0 Å². The molecule has 17 heteroatoms. The Kier molecular flexibility index (Phi) is 11.6. The second kappa shape index (κ2) is 14.5. The summed E-state index contributed by atoms with van der Waals surface area (Å²) < 4.78 is 41.8. The van der Waals surface area contributed by atoms with Gasteiger partial charge in [-0.15, -0.1) is 0 Å². The maximum atomic E-state index is 13.7. The third-order valence-corrected chi connectivity index (χ3v) is 8.75. The minimum absolute atomic E-state index is 0.0557. The summed E-state index contributed by atoms with van der Waals surface area (Å²) in [6.45, 7) is 7.20. The number of nitrogen functional groups attached to an aromatic ring is 1. The number of nitrogens with two attached hydrogens (primary N) is 1. The zero-order valence-corrected chi connectivity index (χ0v) is 25.6. The van der Waals surface area contributed by atoms with E-state index in [2.05, 4.69) is 15.2 Å². The van der Waals surface area contributed by atoms with E-state index in [0.717, 1.165) is 19.2 Å². The Labute approximate surface area is 249 Å². The van der Waals surface area contributed by atoms with Gasteiger partial charge < -0.3 is 30.2 Å². The van der Waals surface area contributed by atoms with E-state index in [1.807, 2.05) is 19.9 Å². The number of fused-ring (bicyclic) bond motifs is 1. The van der Waals surface area contributed by atoms with Gasteiger partial charge in [0, 0.05) is 0 Å². The summed E-state index contributed by atoms with van der Waals surface area (Å²) in [5, 5.41) is 38.4. The normalized spacial score (nSPS) is 24.1. The number of carbonyl (C=O) groups excluding carboxylic acids is 2. The molecule has 0 aromatic carbocycles. The Morgan fingerprint density at radius 1 is 1.21 bits per heavy atom. The molecule has 3 heterocycles. The quantitative estimate of drug-likeness (QED) is 0.124. The molecule has 0 radical (unpaired) electrons. The second-order valence-corrected chi connectivity index (χ2v) is 12.2. The van der Waals surface area contributed by atoms with E-state index >= 15 is 0 Å². The molecular weight excluding hydrogens is 587 g/mol. The minimum Gasteiger partial charge on any atom is -0.464 e. The number of ether oxygens (including phenoxy) is 3. The SMILES string of the molecule is CCC(CC)COC(=O)[C@H](C)NP(=O)(OCOC(=O)C(C)C)OC[C@H]1O[C@@](C#N)(c2ccc3c(N)ncnn23)[C@H](O)[C@@H]1O. The molecule has 5 N–H and O–H groups in total. The van der Waals surface area contributed by atoms with Crippen LogP contribution in [-0.4, -0.2) is 81.1 Å². The van der Waals surface area contributed by atoms with Gasteiger partial charge in [-0.3, -0.25) is 18.6 Å². The average Bonchev–Trinajstić information content (AvgIpc) is 3.52. The van der Waals surface area contributed by atoms with E-state index < -0.39 is 69.0 Å². The molecule has 2 aromatic heterocycles. The first kappa shape index (κ1) is 34.3. The molecule has 1 aliphatic rings. The number of hydrogen-bond donors (Lipinski definition) is 4. The number of aliphatic hydroxyl groups is 2. The van der Waals surface area contributed by atoms with Crippen molar-refractivity contribution in [3.8, 4) is 6.07 Å². The zero-order valence-electron chi connectivity index (χ0n) is 24.7. The van der Waals surface area contributed by atoms with Crippen LogP contribution in [0.4, 0.5) is 5.82 Å². The lowest BCUT2D eigenvalue weighted by Gasteiger charge is -2.25. The van der Waals surface area contributed by atoms with Gasteiger partial charge in [-0.2, -0.15) is 10.4 Å². The number of nitrogens with zero attached hydrogens (tertiary/aromatic N) is 4. The molecule has 16 nitrogen and oxygen atoms in total. The number of aromatic nitrogens is 3. The highest BCUT2D eigenvalue weighted by Crippen LogP contribution is 2.47. The molecule has 0 aliphatic carbocycles. The Morgan fingerprint density at radius 2 is 1.91 bits per heavy atom. The van der Waals surface area contributed by atoms with Crippen molar-refractivity contribution < 1.29 is 47.6 Å². The lowest BCUT2D eigenvalue weighted by atomic mass is 9.92. The monoisotopic (exact) mass is 626 g/mol. The standard InChI is InChI=1S/C26H39N6O10P/c1-6-17(7-2)10-38-25(36)16(5)31-43(37,41-14-39-24(35)15(3)4)40-11-19-21(33)22(34)26(12-27,42-19)20-9-8-18-23(28)29-13-30-32(18)20/h8-9,13,15-17,19,21-22,33-34H,6-7,10-11,14H2,1-5H3,(H,31,37)(H2,28,29,30)/t16-,19+,21+,22+,26-,43?/m0/s1. The number of aliphatic hydroxyl groups excluding tert-OH is 2. The van der Waals surface area contributed by atoms with E-state index in [1.165, 1.54) is 23.6 Å². The highest BCUT2D eigenvalue weighted by Gasteiger charge is 2.58. The summed E-state index contributed by atoms with van der Waals surface area (Å²) in [5.74, 6) is -1.60. The summed E-state index contributed by atoms with van der Waals surface area (Å²) in [5.41, 5.74) is 4.14. The summed E-state index contributed by atoms with van der Waals surface area (Å²) in [4.78, 5) is 28.4. The predicted molar refractivity (Wildman–Crippen MR) is 150 cm³/mol. The van der Waals surface area contributed by atoms with E-state index in [1.54, 1.807) is 13.8 Å². The molecule has 0 saturated carbocycles. The molecular formula is C26H39N6O10P. The van der Waals surface area contributed by atoms with Gasteiger partial charge in [0.1, 0.15) is 42.3 Å². The predicted octanol–water partition coefficient (Wildman–Crippen LogP) is 1.41. The zero-order chi connectivity index (χ0) is 31.9. The molecule has 6 atom stereocenters. The van der Waals surface area contributed by atoms with Gasteiger partial charge in [-0.05, 0) is 25.0 Å². The molecule has 43 heavy (non-hydrogen) atoms. The number of rotatable bonds is 15. The lowest BCUT2D eigenvalue weighted by Crippen LogP contribution is -2.41. The Morgan fingerprint density at radius 3 is 2.53 bits per heavy atom. The molecule has 0 bridgehead atoms. The molecule has 0 spiro atoms. The number of carbonyl (C=O) groups is 2. The van der Waals surface area contributed by atoms with E-state index in [-0.39, 0.29) is 24.0 Å². The van der Waals surface area contributed by atoms with Gasteiger partial charge in [0.15, 0.2) is 5.82 Å². The number of nitrogens with one attached hydrogen (secondary N) is 1. The Bertz CT molecular complexity index is 1360. The van der Waals surface area contributed by atoms with Crippen LogP contribution in [0.2, 0.25) is 0 Å². The van der Waals surface area contributed by atoms with Crippen LogP contribution in [0.15, 0.2) is 18.5 Å². The molecule has 0 amide bonds. The molecule has 1 unspecified atom stereocenters. The number of hydrogen-bond acceptors (Lipinski definition) is 14. The number of nitriles is 1. The van der Waals surface area contributed by atoms with E-state index in [9.17, 15) is 29.6 Å². The first-order chi connectivity index (χ1) is 20.3. The highest BCUT2D eigenvalue weighted by atomic mass is 31.2. The van der Waals surface area contributed by atoms with Crippen molar-refractivity contribution in [1.82, 2.24) is 19.7 Å². The van der Waals surface area contributed by atoms with E-state index in [4.69, 9.17) is 29.0 Å². The summed E-state index contributed by atoms with van der Waals surface area (Å²) in [7, 11) is -4.46. The maximum absolute atomic E-state index is 13.7. The van der Waals surface area contributed by atoms with Gasteiger partial charge in [-0.25, -0.2) is 19.2 Å². The van der Waals surface area contributed by atoms with Crippen LogP contribution < -0.4 is 10.8 Å². The fraction of sp³-hybridized carbons (Fsp3) is 0.654. The summed E-state index contributed by atoms with van der Waals surface area (Å²) in [6.07, 6.45) is -2.14. The topological polar surface area (TPSA) is 230 Å². The molecule has 3 rings (SSSR count).